The van der Waals surface area contributed by atoms with Crippen LogP contribution in [-0.4, -0.2) is 18.9 Å². The summed E-state index contributed by atoms with van der Waals surface area (Å²) in [5, 5.41) is 0. The minimum absolute atomic E-state index is 0.197. The molecule has 0 amide bonds. The van der Waals surface area contributed by atoms with Gasteiger partial charge in [0.05, 0.1) is 18.2 Å². The molecular formula is C26H20O5. The van der Waals surface area contributed by atoms with E-state index in [9.17, 15) is 9.59 Å². The zero-order chi connectivity index (χ0) is 21.8. The first kappa shape index (κ1) is 20.2. The molecule has 1 heterocycles. The highest BCUT2D eigenvalue weighted by molar-refractivity contribution is 6.12. The Morgan fingerprint density at radius 3 is 2.55 bits per heavy atom. The van der Waals surface area contributed by atoms with Crippen molar-refractivity contribution in [2.75, 3.05) is 7.11 Å². The second kappa shape index (κ2) is 8.71. The Labute approximate surface area is 180 Å². The highest BCUT2D eigenvalue weighted by atomic mass is 16.5. The van der Waals surface area contributed by atoms with E-state index in [1.807, 2.05) is 49.4 Å². The summed E-state index contributed by atoms with van der Waals surface area (Å²) >= 11 is 0. The highest BCUT2D eigenvalue weighted by Gasteiger charge is 2.27. The van der Waals surface area contributed by atoms with Crippen molar-refractivity contribution in [2.24, 2.45) is 0 Å². The molecule has 0 aliphatic carbocycles. The van der Waals surface area contributed by atoms with Crippen LogP contribution >= 0.6 is 0 Å². The van der Waals surface area contributed by atoms with Crippen molar-refractivity contribution < 1.29 is 23.8 Å². The Morgan fingerprint density at radius 2 is 1.77 bits per heavy atom. The fourth-order valence-corrected chi connectivity index (χ4v) is 3.14. The molecule has 0 saturated carbocycles. The van der Waals surface area contributed by atoms with Gasteiger partial charge in [-0.3, -0.25) is 4.79 Å². The van der Waals surface area contributed by atoms with Crippen molar-refractivity contribution >= 4 is 17.8 Å². The van der Waals surface area contributed by atoms with Crippen LogP contribution in [-0.2, 0) is 0 Å². The molecule has 0 radical (unpaired) electrons. The first-order valence-corrected chi connectivity index (χ1v) is 9.72. The number of aryl methyl sites for hydroxylation is 1. The summed E-state index contributed by atoms with van der Waals surface area (Å²) in [6.45, 7) is 1.95. The topological polar surface area (TPSA) is 61.8 Å². The van der Waals surface area contributed by atoms with Crippen molar-refractivity contribution in [1.82, 2.24) is 0 Å². The second-order valence-electron chi connectivity index (χ2n) is 6.98. The summed E-state index contributed by atoms with van der Waals surface area (Å²) in [4.78, 5) is 24.9. The summed E-state index contributed by atoms with van der Waals surface area (Å²) in [5.41, 5.74) is 2.81. The van der Waals surface area contributed by atoms with Gasteiger partial charge in [-0.25, -0.2) is 4.79 Å². The molecule has 154 valence electrons. The van der Waals surface area contributed by atoms with Gasteiger partial charge in [-0.2, -0.15) is 0 Å². The number of hydrogen-bond donors (Lipinski definition) is 0. The smallest absolute Gasteiger partial charge is 0.343 e. The number of carbonyl (C=O) groups excluding carboxylic acids is 2. The molecule has 0 atom stereocenters. The van der Waals surface area contributed by atoms with Crippen LogP contribution in [0, 0.1) is 6.92 Å². The number of carbonyl (C=O) groups is 2. The lowest BCUT2D eigenvalue weighted by Crippen LogP contribution is -2.08. The molecule has 0 bridgehead atoms. The molecule has 0 aromatic heterocycles. The van der Waals surface area contributed by atoms with Crippen molar-refractivity contribution in [2.45, 2.75) is 6.92 Å². The molecule has 3 aromatic rings. The van der Waals surface area contributed by atoms with E-state index in [4.69, 9.17) is 14.2 Å². The lowest BCUT2D eigenvalue weighted by Gasteiger charge is -2.06. The van der Waals surface area contributed by atoms with E-state index in [-0.39, 0.29) is 11.5 Å². The van der Waals surface area contributed by atoms with E-state index < -0.39 is 5.97 Å². The van der Waals surface area contributed by atoms with E-state index in [2.05, 4.69) is 0 Å². The maximum atomic E-state index is 12.6. The molecule has 4 rings (SSSR count). The summed E-state index contributed by atoms with van der Waals surface area (Å²) in [7, 11) is 1.61. The fourth-order valence-electron chi connectivity index (χ4n) is 3.14. The largest absolute Gasteiger partial charge is 0.496 e. The molecule has 0 saturated heterocycles. The average Bonchev–Trinajstić information content (AvgIpc) is 3.09. The summed E-state index contributed by atoms with van der Waals surface area (Å²) in [6, 6.07) is 19.4. The van der Waals surface area contributed by atoms with E-state index in [0.717, 1.165) is 16.9 Å². The molecule has 5 nitrogen and oxygen atoms in total. The van der Waals surface area contributed by atoms with Gasteiger partial charge in [0.2, 0.25) is 5.78 Å². The lowest BCUT2D eigenvalue weighted by molar-refractivity contribution is 0.0734. The molecule has 31 heavy (non-hydrogen) atoms. The lowest BCUT2D eigenvalue weighted by atomic mass is 10.1. The van der Waals surface area contributed by atoms with Gasteiger partial charge in [-0.15, -0.1) is 0 Å². The molecule has 0 N–H and O–H groups in total. The summed E-state index contributed by atoms with van der Waals surface area (Å²) < 4.78 is 16.4. The highest BCUT2D eigenvalue weighted by Crippen LogP contribution is 2.34. The number of hydrogen-bond acceptors (Lipinski definition) is 5. The SMILES string of the molecule is COc1ccccc1C=CC=C1Oc2cc(OC(=O)c3ccc(C)cc3)ccc2C1=O. The number of methoxy groups -OCH3 is 1. The van der Waals surface area contributed by atoms with Gasteiger partial charge in [0, 0.05) is 11.6 Å². The normalized spacial score (nSPS) is 13.9. The van der Waals surface area contributed by atoms with Crippen LogP contribution in [0.4, 0.5) is 0 Å². The number of Topliss-reactive ketones (excluding diaryl/α,β-unsaturated/α-hetero) is 1. The van der Waals surface area contributed by atoms with E-state index in [0.29, 0.717) is 22.6 Å². The quantitative estimate of drug-likeness (QED) is 0.319. The van der Waals surface area contributed by atoms with Crippen LogP contribution in [0.25, 0.3) is 6.08 Å². The van der Waals surface area contributed by atoms with E-state index >= 15 is 0 Å². The Balaban J connectivity index is 1.49. The van der Waals surface area contributed by atoms with Gasteiger partial charge in [0.1, 0.15) is 17.2 Å². The number of ether oxygens (including phenoxy) is 3. The van der Waals surface area contributed by atoms with Crippen LogP contribution in [0.15, 0.2) is 84.6 Å². The third kappa shape index (κ3) is 4.41. The number of ketones is 1. The number of benzene rings is 3. The van der Waals surface area contributed by atoms with Crippen LogP contribution in [0.2, 0.25) is 0 Å². The minimum Gasteiger partial charge on any atom is -0.496 e. The first-order valence-electron chi connectivity index (χ1n) is 9.72. The standard InChI is InChI=1S/C26H20O5/c1-17-10-12-19(13-11-17)26(28)30-20-14-15-21-24(16-20)31-23(25(21)27)9-5-7-18-6-3-4-8-22(18)29-2/h3-16H,1-2H3. The number of rotatable bonds is 5. The Kier molecular flexibility index (Phi) is 5.67. The zero-order valence-electron chi connectivity index (χ0n) is 17.1. The molecular weight excluding hydrogens is 392 g/mol. The predicted octanol–water partition coefficient (Wildman–Crippen LogP) is 5.40. The van der Waals surface area contributed by atoms with Crippen LogP contribution in [0.3, 0.4) is 0 Å². The third-order valence-electron chi connectivity index (χ3n) is 4.80. The monoisotopic (exact) mass is 412 g/mol. The minimum atomic E-state index is -0.472. The van der Waals surface area contributed by atoms with Gasteiger partial charge >= 0.3 is 5.97 Å². The number of para-hydroxylation sites is 1. The van der Waals surface area contributed by atoms with Crippen molar-refractivity contribution in [3.63, 3.8) is 0 Å². The van der Waals surface area contributed by atoms with Gasteiger partial charge in [-0.05, 0) is 43.3 Å². The molecule has 0 fully saturated rings. The zero-order valence-corrected chi connectivity index (χ0v) is 17.1. The van der Waals surface area contributed by atoms with Gasteiger partial charge in [0.15, 0.2) is 5.76 Å². The third-order valence-corrected chi connectivity index (χ3v) is 4.80. The first-order chi connectivity index (χ1) is 15.0. The maximum Gasteiger partial charge on any atom is 0.343 e. The molecule has 0 spiro atoms. The van der Waals surface area contributed by atoms with Gasteiger partial charge < -0.3 is 14.2 Å². The maximum absolute atomic E-state index is 12.6. The summed E-state index contributed by atoms with van der Waals surface area (Å²) in [5.74, 6) is 0.900. The predicted molar refractivity (Wildman–Crippen MR) is 118 cm³/mol. The van der Waals surface area contributed by atoms with E-state index in [1.54, 1.807) is 49.6 Å². The van der Waals surface area contributed by atoms with Crippen molar-refractivity contribution in [3.8, 4) is 17.2 Å². The van der Waals surface area contributed by atoms with Crippen LogP contribution in [0.1, 0.15) is 31.8 Å². The van der Waals surface area contributed by atoms with Crippen LogP contribution in [0.5, 0.6) is 17.2 Å². The Hall–Kier alpha value is -4.12. The average molecular weight is 412 g/mol. The fraction of sp³-hybridized carbons (Fsp3) is 0.0769. The molecule has 0 unspecified atom stereocenters. The Bertz CT molecular complexity index is 1200. The molecule has 3 aromatic carbocycles. The number of allylic oxidation sites excluding steroid dienone is 3. The molecule has 5 heteroatoms. The van der Waals surface area contributed by atoms with Crippen LogP contribution < -0.4 is 14.2 Å². The molecule has 1 aliphatic rings. The van der Waals surface area contributed by atoms with Crippen molar-refractivity contribution in [3.05, 3.63) is 107 Å². The summed E-state index contributed by atoms with van der Waals surface area (Å²) in [6.07, 6.45) is 5.17. The number of esters is 1. The second-order valence-corrected chi connectivity index (χ2v) is 6.98. The van der Waals surface area contributed by atoms with Gasteiger partial charge in [0.25, 0.3) is 0 Å². The molecule has 1 aliphatic heterocycles. The number of fused-ring (bicyclic) bond motifs is 1. The van der Waals surface area contributed by atoms with Gasteiger partial charge in [-0.1, -0.05) is 48.0 Å². The van der Waals surface area contributed by atoms with E-state index in [1.165, 1.54) is 0 Å². The Morgan fingerprint density at radius 1 is 1.00 bits per heavy atom. The van der Waals surface area contributed by atoms with Crippen molar-refractivity contribution in [1.29, 1.82) is 0 Å².